The summed E-state index contributed by atoms with van der Waals surface area (Å²) >= 11 is 0. The van der Waals surface area contributed by atoms with Gasteiger partial charge >= 0.3 is 5.97 Å². The van der Waals surface area contributed by atoms with E-state index in [1.54, 1.807) is 6.92 Å². The maximum Gasteiger partial charge on any atom is 0.338 e. The van der Waals surface area contributed by atoms with Crippen LogP contribution in [0.5, 0.6) is 0 Å². The molecular formula is C19H20FNO3. The number of benzene rings is 2. The van der Waals surface area contributed by atoms with E-state index >= 15 is 0 Å². The summed E-state index contributed by atoms with van der Waals surface area (Å²) in [6.07, 6.45) is 0. The fourth-order valence-corrected chi connectivity index (χ4v) is 2.49. The van der Waals surface area contributed by atoms with Crippen LogP contribution in [0.2, 0.25) is 0 Å². The number of carbonyl (C=O) groups is 2. The zero-order valence-corrected chi connectivity index (χ0v) is 14.2. The van der Waals surface area contributed by atoms with Crippen molar-refractivity contribution in [3.63, 3.8) is 0 Å². The first-order valence-corrected chi connectivity index (χ1v) is 7.59. The van der Waals surface area contributed by atoms with Crippen LogP contribution < -0.4 is 5.32 Å². The zero-order valence-electron chi connectivity index (χ0n) is 14.2. The van der Waals surface area contributed by atoms with Crippen molar-refractivity contribution < 1.29 is 18.7 Å². The van der Waals surface area contributed by atoms with E-state index in [0.29, 0.717) is 11.3 Å². The van der Waals surface area contributed by atoms with E-state index in [4.69, 9.17) is 4.74 Å². The van der Waals surface area contributed by atoms with Crippen LogP contribution in [0.1, 0.15) is 32.6 Å². The highest BCUT2D eigenvalue weighted by Crippen LogP contribution is 2.21. The summed E-state index contributed by atoms with van der Waals surface area (Å²) in [6.45, 7) is 6.95. The van der Waals surface area contributed by atoms with Gasteiger partial charge in [-0.25, -0.2) is 9.18 Å². The van der Waals surface area contributed by atoms with Crippen LogP contribution in [0.4, 0.5) is 10.1 Å². The van der Waals surface area contributed by atoms with E-state index in [1.165, 1.54) is 12.1 Å². The van der Waals surface area contributed by atoms with Gasteiger partial charge < -0.3 is 10.1 Å². The molecule has 1 N–H and O–H groups in total. The van der Waals surface area contributed by atoms with Crippen molar-refractivity contribution in [1.82, 2.24) is 0 Å². The third-order valence-corrected chi connectivity index (χ3v) is 3.68. The number of halogens is 1. The minimum Gasteiger partial charge on any atom is -0.452 e. The highest BCUT2D eigenvalue weighted by Gasteiger charge is 2.13. The smallest absolute Gasteiger partial charge is 0.338 e. The lowest BCUT2D eigenvalue weighted by Crippen LogP contribution is -2.22. The number of esters is 1. The molecule has 0 radical (unpaired) electrons. The van der Waals surface area contributed by atoms with E-state index in [1.807, 2.05) is 32.9 Å². The van der Waals surface area contributed by atoms with Gasteiger partial charge in [0.2, 0.25) is 0 Å². The van der Waals surface area contributed by atoms with Crippen molar-refractivity contribution in [1.29, 1.82) is 0 Å². The number of aryl methyl sites for hydroxylation is 4. The second-order valence-electron chi connectivity index (χ2n) is 5.86. The molecule has 0 saturated carbocycles. The average molecular weight is 329 g/mol. The monoisotopic (exact) mass is 329 g/mol. The number of nitrogens with one attached hydrogen (secondary N) is 1. The molecule has 0 aliphatic carbocycles. The van der Waals surface area contributed by atoms with E-state index < -0.39 is 24.3 Å². The minimum atomic E-state index is -0.735. The largest absolute Gasteiger partial charge is 0.452 e. The molecule has 2 rings (SSSR count). The van der Waals surface area contributed by atoms with Crippen LogP contribution in [-0.2, 0) is 9.53 Å². The standard InChI is InChI=1S/C19H20FNO3/c1-11-7-13(3)18(14(4)8-11)21-17(22)10-24-19(23)15-6-5-12(2)16(20)9-15/h5-9H,10H2,1-4H3,(H,21,22). The number of rotatable bonds is 4. The summed E-state index contributed by atoms with van der Waals surface area (Å²) in [5.74, 6) is -1.66. The van der Waals surface area contributed by atoms with Crippen molar-refractivity contribution in [3.05, 3.63) is 64.0 Å². The molecule has 0 aliphatic heterocycles. The number of hydrogen-bond donors (Lipinski definition) is 1. The molecule has 0 fully saturated rings. The fourth-order valence-electron chi connectivity index (χ4n) is 2.49. The number of hydrogen-bond acceptors (Lipinski definition) is 3. The van der Waals surface area contributed by atoms with Crippen molar-refractivity contribution in [2.75, 3.05) is 11.9 Å². The maximum absolute atomic E-state index is 13.5. The fraction of sp³-hybridized carbons (Fsp3) is 0.263. The van der Waals surface area contributed by atoms with Crippen molar-refractivity contribution in [3.8, 4) is 0 Å². The molecule has 126 valence electrons. The molecule has 0 spiro atoms. The Kier molecular flexibility index (Phi) is 5.34. The molecule has 0 aromatic heterocycles. The predicted molar refractivity (Wildman–Crippen MR) is 90.7 cm³/mol. The molecule has 0 atom stereocenters. The molecule has 2 aromatic rings. The molecule has 4 nitrogen and oxygen atoms in total. The van der Waals surface area contributed by atoms with Gasteiger partial charge in [0.15, 0.2) is 6.61 Å². The first-order chi connectivity index (χ1) is 11.3. The number of amides is 1. The van der Waals surface area contributed by atoms with Crippen molar-refractivity contribution in [2.45, 2.75) is 27.7 Å². The Labute approximate surface area is 140 Å². The van der Waals surface area contributed by atoms with E-state index in [-0.39, 0.29) is 5.56 Å². The average Bonchev–Trinajstić information content (AvgIpc) is 2.51. The van der Waals surface area contributed by atoms with Gasteiger partial charge in [-0.1, -0.05) is 23.8 Å². The van der Waals surface area contributed by atoms with Gasteiger partial charge in [-0.3, -0.25) is 4.79 Å². The molecule has 0 unspecified atom stereocenters. The Morgan fingerprint density at radius 2 is 1.62 bits per heavy atom. The summed E-state index contributed by atoms with van der Waals surface area (Å²) < 4.78 is 18.4. The lowest BCUT2D eigenvalue weighted by atomic mass is 10.1. The maximum atomic E-state index is 13.5. The van der Waals surface area contributed by atoms with Gasteiger partial charge in [0.1, 0.15) is 5.82 Å². The van der Waals surface area contributed by atoms with E-state index in [0.717, 1.165) is 22.8 Å². The Morgan fingerprint density at radius 1 is 1.00 bits per heavy atom. The van der Waals surface area contributed by atoms with Crippen LogP contribution in [0.3, 0.4) is 0 Å². The number of carbonyl (C=O) groups excluding carboxylic acids is 2. The highest BCUT2D eigenvalue weighted by atomic mass is 19.1. The summed E-state index contributed by atoms with van der Waals surface area (Å²) in [7, 11) is 0. The molecule has 5 heteroatoms. The van der Waals surface area contributed by atoms with Crippen LogP contribution in [-0.4, -0.2) is 18.5 Å². The van der Waals surface area contributed by atoms with Gasteiger partial charge in [0.25, 0.3) is 5.91 Å². The molecule has 1 amide bonds. The number of anilines is 1. The second-order valence-corrected chi connectivity index (χ2v) is 5.86. The van der Waals surface area contributed by atoms with Crippen LogP contribution >= 0.6 is 0 Å². The van der Waals surface area contributed by atoms with Crippen molar-refractivity contribution in [2.24, 2.45) is 0 Å². The topological polar surface area (TPSA) is 55.4 Å². The third-order valence-electron chi connectivity index (χ3n) is 3.68. The summed E-state index contributed by atoms with van der Waals surface area (Å²) in [6, 6.07) is 7.98. The second kappa shape index (κ2) is 7.25. The summed E-state index contributed by atoms with van der Waals surface area (Å²) in [5.41, 5.74) is 4.21. The first kappa shape index (κ1) is 17.7. The highest BCUT2D eigenvalue weighted by molar-refractivity contribution is 5.96. The quantitative estimate of drug-likeness (QED) is 0.867. The molecule has 0 saturated heterocycles. The summed E-state index contributed by atoms with van der Waals surface area (Å²) in [4.78, 5) is 23.9. The Morgan fingerprint density at radius 3 is 2.21 bits per heavy atom. The molecule has 0 heterocycles. The predicted octanol–water partition coefficient (Wildman–Crippen LogP) is 3.85. The van der Waals surface area contributed by atoms with Gasteiger partial charge in [0.05, 0.1) is 5.56 Å². The summed E-state index contributed by atoms with van der Waals surface area (Å²) in [5, 5.41) is 2.74. The molecular weight excluding hydrogens is 309 g/mol. The van der Waals surface area contributed by atoms with Crippen LogP contribution in [0.25, 0.3) is 0 Å². The Balaban J connectivity index is 1.98. The van der Waals surface area contributed by atoms with Crippen LogP contribution in [0, 0.1) is 33.5 Å². The van der Waals surface area contributed by atoms with E-state index in [9.17, 15) is 14.0 Å². The number of ether oxygens (including phenoxy) is 1. The van der Waals surface area contributed by atoms with Gasteiger partial charge in [0, 0.05) is 5.69 Å². The molecule has 2 aromatic carbocycles. The molecule has 0 bridgehead atoms. The van der Waals surface area contributed by atoms with Gasteiger partial charge in [-0.05, 0) is 56.5 Å². The zero-order chi connectivity index (χ0) is 17.9. The molecule has 24 heavy (non-hydrogen) atoms. The molecule has 0 aliphatic rings. The van der Waals surface area contributed by atoms with Gasteiger partial charge in [-0.15, -0.1) is 0 Å². The minimum absolute atomic E-state index is 0.0774. The van der Waals surface area contributed by atoms with Gasteiger partial charge in [-0.2, -0.15) is 0 Å². The Bertz CT molecular complexity index is 776. The van der Waals surface area contributed by atoms with Crippen LogP contribution in [0.15, 0.2) is 30.3 Å². The normalized spacial score (nSPS) is 10.4. The van der Waals surface area contributed by atoms with E-state index in [2.05, 4.69) is 5.32 Å². The first-order valence-electron chi connectivity index (χ1n) is 7.59. The third kappa shape index (κ3) is 4.19. The SMILES string of the molecule is Cc1cc(C)c(NC(=O)COC(=O)c2ccc(C)c(F)c2)c(C)c1. The lowest BCUT2D eigenvalue weighted by Gasteiger charge is -2.13. The Hall–Kier alpha value is -2.69. The lowest BCUT2D eigenvalue weighted by molar-refractivity contribution is -0.119. The van der Waals surface area contributed by atoms with Crippen molar-refractivity contribution >= 4 is 17.6 Å².